The Hall–Kier alpha value is -2.07. The minimum absolute atomic E-state index is 0.00889. The first-order valence-electron chi connectivity index (χ1n) is 7.50. The lowest BCUT2D eigenvalue weighted by Crippen LogP contribution is -2.14. The molecule has 2 aromatic carbocycles. The van der Waals surface area contributed by atoms with E-state index in [2.05, 4.69) is 37.4 Å². The number of hydrogen-bond donors (Lipinski definition) is 1. The van der Waals surface area contributed by atoms with Crippen molar-refractivity contribution in [1.29, 1.82) is 0 Å². The summed E-state index contributed by atoms with van der Waals surface area (Å²) in [5.41, 5.74) is 5.01. The molecule has 0 aromatic heterocycles. The van der Waals surface area contributed by atoms with Crippen molar-refractivity contribution < 1.29 is 9.59 Å². The highest BCUT2D eigenvalue weighted by molar-refractivity contribution is 7.99. The Kier molecular flexibility index (Phi) is 5.99. The predicted molar refractivity (Wildman–Crippen MR) is 97.2 cm³/mol. The van der Waals surface area contributed by atoms with E-state index in [1.165, 1.54) is 23.6 Å². The molecule has 23 heavy (non-hydrogen) atoms. The Balaban J connectivity index is 1.87. The number of hydrogen-bond acceptors (Lipinski definition) is 3. The Labute approximate surface area is 141 Å². The maximum atomic E-state index is 12.0. The average molecular weight is 327 g/mol. The maximum Gasteiger partial charge on any atom is 0.234 e. The van der Waals surface area contributed by atoms with Crippen LogP contribution in [-0.4, -0.2) is 17.4 Å². The van der Waals surface area contributed by atoms with E-state index in [4.69, 9.17) is 0 Å². The lowest BCUT2D eigenvalue weighted by Gasteiger charge is -2.08. The van der Waals surface area contributed by atoms with Crippen molar-refractivity contribution in [3.8, 4) is 0 Å². The van der Waals surface area contributed by atoms with Gasteiger partial charge >= 0.3 is 0 Å². The molecule has 0 aliphatic rings. The van der Waals surface area contributed by atoms with Crippen molar-refractivity contribution >= 4 is 29.1 Å². The summed E-state index contributed by atoms with van der Waals surface area (Å²) >= 11 is 1.59. The minimum Gasteiger partial charge on any atom is -0.325 e. The van der Waals surface area contributed by atoms with Crippen molar-refractivity contribution in [2.24, 2.45) is 0 Å². The van der Waals surface area contributed by atoms with Gasteiger partial charge in [-0.2, -0.15) is 0 Å². The van der Waals surface area contributed by atoms with E-state index in [9.17, 15) is 9.59 Å². The molecule has 0 atom stereocenters. The van der Waals surface area contributed by atoms with E-state index in [-0.39, 0.29) is 11.7 Å². The highest BCUT2D eigenvalue weighted by Gasteiger charge is 2.06. The van der Waals surface area contributed by atoms with Crippen LogP contribution in [0, 0.1) is 13.8 Å². The van der Waals surface area contributed by atoms with Gasteiger partial charge in [0.25, 0.3) is 0 Å². The molecule has 1 N–H and O–H groups in total. The van der Waals surface area contributed by atoms with Gasteiger partial charge in [-0.3, -0.25) is 9.59 Å². The monoisotopic (exact) mass is 327 g/mol. The lowest BCUT2D eigenvalue weighted by molar-refractivity contribution is -0.113. The molecule has 0 aliphatic heterocycles. The van der Waals surface area contributed by atoms with Gasteiger partial charge in [0.05, 0.1) is 5.75 Å². The highest BCUT2D eigenvalue weighted by Crippen LogP contribution is 2.18. The van der Waals surface area contributed by atoms with Gasteiger partial charge in [0.2, 0.25) is 5.91 Å². The van der Waals surface area contributed by atoms with Crippen LogP contribution in [0.4, 0.5) is 5.69 Å². The van der Waals surface area contributed by atoms with E-state index < -0.39 is 0 Å². The Morgan fingerprint density at radius 1 is 1.09 bits per heavy atom. The normalized spacial score (nSPS) is 10.4. The first kappa shape index (κ1) is 17.3. The topological polar surface area (TPSA) is 46.2 Å². The number of rotatable bonds is 6. The third-order valence-corrected chi connectivity index (χ3v) is 4.53. The van der Waals surface area contributed by atoms with Gasteiger partial charge in [0, 0.05) is 17.0 Å². The summed E-state index contributed by atoms with van der Waals surface area (Å²) in [6, 6.07) is 13.4. The largest absolute Gasteiger partial charge is 0.325 e. The number of anilines is 1. The molecule has 0 aliphatic carbocycles. The zero-order valence-corrected chi connectivity index (χ0v) is 14.5. The molecule has 1 amide bonds. The first-order valence-corrected chi connectivity index (χ1v) is 8.66. The Morgan fingerprint density at radius 3 is 2.61 bits per heavy atom. The third kappa shape index (κ3) is 5.25. The Morgan fingerprint density at radius 2 is 1.87 bits per heavy atom. The maximum absolute atomic E-state index is 12.0. The van der Waals surface area contributed by atoms with Crippen molar-refractivity contribution in [2.75, 3.05) is 11.1 Å². The van der Waals surface area contributed by atoms with Gasteiger partial charge in [-0.05, 0) is 44.0 Å². The summed E-state index contributed by atoms with van der Waals surface area (Å²) in [5, 5.41) is 2.84. The molecule has 0 radical (unpaired) electrons. The number of thioether (sulfide) groups is 1. The molecule has 3 nitrogen and oxygen atoms in total. The number of aryl methyl sites for hydroxylation is 2. The number of carbonyl (C=O) groups excluding carboxylic acids is 2. The molecule has 0 heterocycles. The van der Waals surface area contributed by atoms with E-state index in [1.54, 1.807) is 36.0 Å². The molecule has 0 bridgehead atoms. The van der Waals surface area contributed by atoms with Crippen molar-refractivity contribution in [3.63, 3.8) is 0 Å². The summed E-state index contributed by atoms with van der Waals surface area (Å²) in [6.07, 6.45) is 0. The van der Waals surface area contributed by atoms with Crippen LogP contribution in [-0.2, 0) is 10.5 Å². The zero-order valence-electron chi connectivity index (χ0n) is 13.7. The van der Waals surface area contributed by atoms with Crippen LogP contribution in [0.15, 0.2) is 42.5 Å². The average Bonchev–Trinajstić information content (AvgIpc) is 2.51. The summed E-state index contributed by atoms with van der Waals surface area (Å²) in [7, 11) is 0. The molecule has 0 saturated carbocycles. The Bertz CT molecular complexity index is 725. The summed E-state index contributed by atoms with van der Waals surface area (Å²) in [5.74, 6) is 1.14. The van der Waals surface area contributed by atoms with Crippen LogP contribution in [0.5, 0.6) is 0 Å². The second kappa shape index (κ2) is 7.97. The number of benzene rings is 2. The predicted octanol–water partition coefficient (Wildman–Crippen LogP) is 4.38. The fourth-order valence-electron chi connectivity index (χ4n) is 2.22. The van der Waals surface area contributed by atoms with E-state index in [1.807, 2.05) is 0 Å². The second-order valence-corrected chi connectivity index (χ2v) is 6.59. The van der Waals surface area contributed by atoms with E-state index in [0.29, 0.717) is 17.0 Å². The fraction of sp³-hybridized carbons (Fsp3) is 0.263. The smallest absolute Gasteiger partial charge is 0.234 e. The van der Waals surface area contributed by atoms with Crippen molar-refractivity contribution in [2.45, 2.75) is 26.5 Å². The first-order chi connectivity index (χ1) is 11.0. The SMILES string of the molecule is CC(=O)c1cccc(NC(=O)CSCc2cc(C)ccc2C)c1. The molecule has 0 unspecified atom stereocenters. The number of amides is 1. The van der Waals surface area contributed by atoms with Crippen LogP contribution >= 0.6 is 11.8 Å². The molecule has 0 spiro atoms. The number of ketones is 1. The minimum atomic E-state index is -0.0546. The summed E-state index contributed by atoms with van der Waals surface area (Å²) in [4.78, 5) is 23.4. The van der Waals surface area contributed by atoms with Crippen LogP contribution in [0.25, 0.3) is 0 Å². The number of nitrogens with one attached hydrogen (secondary N) is 1. The molecule has 2 rings (SSSR count). The molecule has 0 fully saturated rings. The van der Waals surface area contributed by atoms with Gasteiger partial charge in [-0.15, -0.1) is 11.8 Å². The fourth-order valence-corrected chi connectivity index (χ4v) is 3.11. The standard InChI is InChI=1S/C19H21NO2S/c1-13-7-8-14(2)17(9-13)11-23-12-19(22)20-18-6-4-5-16(10-18)15(3)21/h4-10H,11-12H2,1-3H3,(H,20,22). The second-order valence-electron chi connectivity index (χ2n) is 5.61. The molecule has 0 saturated heterocycles. The van der Waals surface area contributed by atoms with Crippen LogP contribution in [0.1, 0.15) is 34.0 Å². The van der Waals surface area contributed by atoms with Gasteiger partial charge in [0.1, 0.15) is 0 Å². The quantitative estimate of drug-likeness (QED) is 0.801. The number of carbonyl (C=O) groups is 2. The third-order valence-electron chi connectivity index (χ3n) is 3.55. The van der Waals surface area contributed by atoms with Gasteiger partial charge in [-0.1, -0.05) is 35.9 Å². The summed E-state index contributed by atoms with van der Waals surface area (Å²) < 4.78 is 0. The molecule has 2 aromatic rings. The molecule has 4 heteroatoms. The van der Waals surface area contributed by atoms with E-state index in [0.717, 1.165) is 5.75 Å². The van der Waals surface area contributed by atoms with Gasteiger partial charge in [0.15, 0.2) is 5.78 Å². The molecular formula is C19H21NO2S. The molecule has 120 valence electrons. The molecular weight excluding hydrogens is 306 g/mol. The number of Topliss-reactive ketones (excluding diaryl/α,β-unsaturated/α-hetero) is 1. The van der Waals surface area contributed by atoms with Crippen LogP contribution in [0.3, 0.4) is 0 Å². The van der Waals surface area contributed by atoms with Crippen molar-refractivity contribution in [1.82, 2.24) is 0 Å². The highest BCUT2D eigenvalue weighted by atomic mass is 32.2. The van der Waals surface area contributed by atoms with E-state index >= 15 is 0 Å². The van der Waals surface area contributed by atoms with Crippen LogP contribution in [0.2, 0.25) is 0 Å². The summed E-state index contributed by atoms with van der Waals surface area (Å²) in [6.45, 7) is 5.67. The zero-order chi connectivity index (χ0) is 16.8. The lowest BCUT2D eigenvalue weighted by atomic mass is 10.1. The van der Waals surface area contributed by atoms with Crippen molar-refractivity contribution in [3.05, 3.63) is 64.7 Å². The van der Waals surface area contributed by atoms with Crippen LogP contribution < -0.4 is 5.32 Å². The van der Waals surface area contributed by atoms with Gasteiger partial charge < -0.3 is 5.32 Å². The van der Waals surface area contributed by atoms with Gasteiger partial charge in [-0.25, -0.2) is 0 Å².